The standard InChI is InChI=1S/C22H21N5O4S/c23-19-18(21(30)26-22(31)27(19)12-7-8-12)16(28)10-32-17-9-14(20(29)24-11-5-6-11)13-3-1-2-4-15(13)25-17/h1-4,9,11-12H,5-8,10,23H2,(H,24,29)(H,26,30,31). The number of H-pyrrole nitrogens is 1. The van der Waals surface area contributed by atoms with Gasteiger partial charge in [0.05, 0.1) is 21.9 Å². The van der Waals surface area contributed by atoms with Gasteiger partial charge in [-0.05, 0) is 37.8 Å². The van der Waals surface area contributed by atoms with Crippen LogP contribution < -0.4 is 22.3 Å². The van der Waals surface area contributed by atoms with Crippen molar-refractivity contribution in [3.63, 3.8) is 0 Å². The van der Waals surface area contributed by atoms with Crippen LogP contribution in [0.5, 0.6) is 0 Å². The minimum Gasteiger partial charge on any atom is -0.384 e. The highest BCUT2D eigenvalue weighted by atomic mass is 32.2. The molecule has 0 atom stereocenters. The molecule has 1 amide bonds. The number of anilines is 1. The summed E-state index contributed by atoms with van der Waals surface area (Å²) in [5.74, 6) is -0.869. The van der Waals surface area contributed by atoms with Crippen molar-refractivity contribution >= 4 is 40.2 Å². The molecule has 5 rings (SSSR count). The van der Waals surface area contributed by atoms with E-state index in [-0.39, 0.29) is 35.1 Å². The minimum absolute atomic E-state index is 0.0757. The van der Waals surface area contributed by atoms with Crippen LogP contribution in [0.25, 0.3) is 10.9 Å². The Morgan fingerprint density at radius 3 is 2.66 bits per heavy atom. The molecule has 4 N–H and O–H groups in total. The summed E-state index contributed by atoms with van der Waals surface area (Å²) in [5.41, 5.74) is 5.58. The number of nitrogens with zero attached hydrogens (tertiary/aromatic N) is 2. The molecule has 10 heteroatoms. The van der Waals surface area contributed by atoms with Gasteiger partial charge in [-0.15, -0.1) is 0 Å². The normalized spacial score (nSPS) is 15.6. The largest absolute Gasteiger partial charge is 0.384 e. The highest BCUT2D eigenvalue weighted by Crippen LogP contribution is 2.35. The van der Waals surface area contributed by atoms with E-state index >= 15 is 0 Å². The predicted molar refractivity (Wildman–Crippen MR) is 121 cm³/mol. The Bertz CT molecular complexity index is 1370. The van der Waals surface area contributed by atoms with Crippen LogP contribution in [0, 0.1) is 0 Å². The molecule has 2 aliphatic carbocycles. The molecule has 2 aliphatic rings. The maximum absolute atomic E-state index is 12.9. The van der Waals surface area contributed by atoms with Gasteiger partial charge in [0.15, 0.2) is 5.78 Å². The second-order valence-electron chi connectivity index (χ2n) is 8.11. The zero-order chi connectivity index (χ0) is 22.4. The maximum Gasteiger partial charge on any atom is 0.330 e. The Kier molecular flexibility index (Phi) is 5.09. The third kappa shape index (κ3) is 3.93. The number of para-hydroxylation sites is 1. The highest BCUT2D eigenvalue weighted by Gasteiger charge is 2.30. The van der Waals surface area contributed by atoms with E-state index in [2.05, 4.69) is 15.3 Å². The molecule has 2 heterocycles. The molecule has 0 unspecified atom stereocenters. The number of hydrogen-bond donors (Lipinski definition) is 3. The quantitative estimate of drug-likeness (QED) is 0.368. The second-order valence-corrected chi connectivity index (χ2v) is 9.10. The van der Waals surface area contributed by atoms with Crippen molar-refractivity contribution in [2.24, 2.45) is 0 Å². The SMILES string of the molecule is Nc1c(C(=O)CSc2cc(C(=O)NC3CC3)c3ccccc3n2)c(=O)[nH]c(=O)n1C1CC1. The number of nitrogens with one attached hydrogen (secondary N) is 2. The molecule has 0 bridgehead atoms. The molecule has 2 aromatic heterocycles. The number of nitrogen functional groups attached to an aromatic ring is 1. The Balaban J connectivity index is 1.43. The molecule has 2 saturated carbocycles. The lowest BCUT2D eigenvalue weighted by atomic mass is 10.1. The third-order valence-electron chi connectivity index (χ3n) is 5.57. The first-order valence-electron chi connectivity index (χ1n) is 10.4. The first kappa shape index (κ1) is 20.5. The number of aromatic amines is 1. The van der Waals surface area contributed by atoms with Crippen molar-refractivity contribution in [3.8, 4) is 0 Å². The third-order valence-corrected chi connectivity index (χ3v) is 6.49. The Morgan fingerprint density at radius 1 is 1.19 bits per heavy atom. The summed E-state index contributed by atoms with van der Waals surface area (Å²) in [6, 6.07) is 9.12. The van der Waals surface area contributed by atoms with Crippen molar-refractivity contribution in [1.82, 2.24) is 19.9 Å². The van der Waals surface area contributed by atoms with E-state index < -0.39 is 17.0 Å². The van der Waals surface area contributed by atoms with Crippen LogP contribution in [0.15, 0.2) is 44.9 Å². The van der Waals surface area contributed by atoms with E-state index in [9.17, 15) is 19.2 Å². The minimum atomic E-state index is -0.786. The molecule has 1 aromatic carbocycles. The van der Waals surface area contributed by atoms with E-state index in [0.717, 1.165) is 42.8 Å². The fourth-order valence-electron chi connectivity index (χ4n) is 3.65. The zero-order valence-corrected chi connectivity index (χ0v) is 17.9. The van der Waals surface area contributed by atoms with Crippen LogP contribution in [-0.4, -0.2) is 38.0 Å². The van der Waals surface area contributed by atoms with Crippen molar-refractivity contribution < 1.29 is 9.59 Å². The number of nitrogens with two attached hydrogens (primary N) is 1. The molecular formula is C22H21N5O4S. The number of aromatic nitrogens is 3. The molecule has 32 heavy (non-hydrogen) atoms. The molecule has 2 fully saturated rings. The maximum atomic E-state index is 12.9. The average Bonchev–Trinajstić information content (AvgIpc) is 3.67. The Hall–Kier alpha value is -3.40. The topological polar surface area (TPSA) is 140 Å². The van der Waals surface area contributed by atoms with Crippen molar-refractivity contribution in [3.05, 3.63) is 62.3 Å². The number of carbonyl (C=O) groups excluding carboxylic acids is 2. The number of amides is 1. The van der Waals surface area contributed by atoms with Crippen LogP contribution in [0.3, 0.4) is 0 Å². The van der Waals surface area contributed by atoms with Crippen LogP contribution in [0.4, 0.5) is 5.82 Å². The predicted octanol–water partition coefficient (Wildman–Crippen LogP) is 1.87. The molecule has 0 saturated heterocycles. The number of thioether (sulfide) groups is 1. The van der Waals surface area contributed by atoms with Gasteiger partial charge in [-0.3, -0.25) is 23.9 Å². The van der Waals surface area contributed by atoms with Gasteiger partial charge in [0, 0.05) is 17.5 Å². The van der Waals surface area contributed by atoms with Crippen LogP contribution in [0.2, 0.25) is 0 Å². The number of carbonyl (C=O) groups is 2. The summed E-state index contributed by atoms with van der Waals surface area (Å²) >= 11 is 1.12. The monoisotopic (exact) mass is 451 g/mol. The van der Waals surface area contributed by atoms with E-state index in [4.69, 9.17) is 5.73 Å². The van der Waals surface area contributed by atoms with Crippen LogP contribution in [-0.2, 0) is 0 Å². The number of benzene rings is 1. The van der Waals surface area contributed by atoms with Crippen molar-refractivity contribution in [2.45, 2.75) is 42.8 Å². The molecule has 0 radical (unpaired) electrons. The van der Waals surface area contributed by atoms with E-state index in [0.29, 0.717) is 16.1 Å². The lowest BCUT2D eigenvalue weighted by Gasteiger charge is -2.12. The van der Waals surface area contributed by atoms with Crippen molar-refractivity contribution in [1.29, 1.82) is 0 Å². The van der Waals surface area contributed by atoms with Gasteiger partial charge in [0.2, 0.25) is 0 Å². The Morgan fingerprint density at radius 2 is 1.94 bits per heavy atom. The molecule has 0 spiro atoms. The first-order valence-corrected chi connectivity index (χ1v) is 11.4. The lowest BCUT2D eigenvalue weighted by molar-refractivity contribution is 0.0951. The lowest BCUT2D eigenvalue weighted by Crippen LogP contribution is -2.36. The van der Waals surface area contributed by atoms with Gasteiger partial charge in [0.1, 0.15) is 11.4 Å². The van der Waals surface area contributed by atoms with Gasteiger partial charge >= 0.3 is 5.69 Å². The molecule has 3 aromatic rings. The number of fused-ring (bicyclic) bond motifs is 1. The van der Waals surface area contributed by atoms with Gasteiger partial charge < -0.3 is 11.1 Å². The second kappa shape index (κ2) is 7.94. The fraction of sp³-hybridized carbons (Fsp3) is 0.318. The number of rotatable bonds is 7. The summed E-state index contributed by atoms with van der Waals surface area (Å²) < 4.78 is 1.29. The van der Waals surface area contributed by atoms with Crippen LogP contribution in [0.1, 0.15) is 52.4 Å². The number of Topliss-reactive ketones (excluding diaryl/α,β-unsaturated/α-hetero) is 1. The van der Waals surface area contributed by atoms with E-state index in [1.54, 1.807) is 6.07 Å². The molecular weight excluding hydrogens is 430 g/mol. The number of pyridine rings is 1. The van der Waals surface area contributed by atoms with E-state index in [1.807, 2.05) is 24.3 Å². The average molecular weight is 452 g/mol. The van der Waals surface area contributed by atoms with E-state index in [1.165, 1.54) is 4.57 Å². The highest BCUT2D eigenvalue weighted by molar-refractivity contribution is 7.99. The number of hydrogen-bond acceptors (Lipinski definition) is 7. The van der Waals surface area contributed by atoms with Crippen LogP contribution >= 0.6 is 11.8 Å². The number of ketones is 1. The first-order chi connectivity index (χ1) is 15.4. The summed E-state index contributed by atoms with van der Waals surface area (Å²) in [6.45, 7) is 0. The molecule has 164 valence electrons. The molecule has 9 nitrogen and oxygen atoms in total. The van der Waals surface area contributed by atoms with Gasteiger partial charge in [-0.25, -0.2) is 9.78 Å². The summed E-state index contributed by atoms with van der Waals surface area (Å²) in [5, 5.41) is 4.21. The zero-order valence-electron chi connectivity index (χ0n) is 17.1. The fourth-order valence-corrected chi connectivity index (χ4v) is 4.43. The van der Waals surface area contributed by atoms with Gasteiger partial charge in [-0.1, -0.05) is 30.0 Å². The summed E-state index contributed by atoms with van der Waals surface area (Å²) in [6.07, 6.45) is 3.52. The Labute approximate surface area is 186 Å². The smallest absolute Gasteiger partial charge is 0.330 e. The van der Waals surface area contributed by atoms with Gasteiger partial charge in [-0.2, -0.15) is 0 Å². The summed E-state index contributed by atoms with van der Waals surface area (Å²) in [7, 11) is 0. The van der Waals surface area contributed by atoms with Crippen molar-refractivity contribution in [2.75, 3.05) is 11.5 Å². The summed E-state index contributed by atoms with van der Waals surface area (Å²) in [4.78, 5) is 56.7. The van der Waals surface area contributed by atoms with Gasteiger partial charge in [0.25, 0.3) is 11.5 Å². The molecule has 0 aliphatic heterocycles.